The molecule has 0 fully saturated rings. The molecule has 1 heterocycles. The number of rotatable bonds is 4. The molecular weight excluding hydrogens is 238 g/mol. The minimum atomic E-state index is -0.115. The van der Waals surface area contributed by atoms with Crippen LogP contribution >= 0.6 is 0 Å². The number of hydrogen-bond acceptors (Lipinski definition) is 3. The second-order valence-corrected chi connectivity index (χ2v) is 4.35. The van der Waals surface area contributed by atoms with Crippen LogP contribution < -0.4 is 10.6 Å². The number of nitrogens with one attached hydrogen (secondary N) is 2. The van der Waals surface area contributed by atoms with Crippen LogP contribution in [0.15, 0.2) is 42.6 Å². The molecule has 1 aromatic carbocycles. The zero-order valence-electron chi connectivity index (χ0n) is 11.1. The molecule has 0 aliphatic rings. The molecule has 0 unspecified atom stereocenters. The molecule has 4 heteroatoms. The maximum absolute atomic E-state index is 11.9. The maximum Gasteiger partial charge on any atom is 0.253 e. The van der Waals surface area contributed by atoms with Crippen LogP contribution in [0.4, 0.5) is 5.82 Å². The van der Waals surface area contributed by atoms with Crippen molar-refractivity contribution in [1.29, 1.82) is 0 Å². The molecule has 19 heavy (non-hydrogen) atoms. The van der Waals surface area contributed by atoms with Crippen LogP contribution in [0, 0.1) is 6.92 Å². The van der Waals surface area contributed by atoms with Crippen molar-refractivity contribution >= 4 is 11.7 Å². The van der Waals surface area contributed by atoms with E-state index in [1.54, 1.807) is 25.4 Å². The van der Waals surface area contributed by atoms with Crippen LogP contribution in [0.25, 0.3) is 0 Å². The van der Waals surface area contributed by atoms with Gasteiger partial charge in [0.05, 0.1) is 5.56 Å². The minimum absolute atomic E-state index is 0.115. The summed E-state index contributed by atoms with van der Waals surface area (Å²) in [5, 5.41) is 5.79. The Morgan fingerprint density at radius 2 is 1.89 bits per heavy atom. The Bertz CT molecular complexity index is 547. The van der Waals surface area contributed by atoms with Gasteiger partial charge in [-0.05, 0) is 24.6 Å². The third kappa shape index (κ3) is 3.55. The highest BCUT2D eigenvalue weighted by Gasteiger charge is 2.05. The lowest BCUT2D eigenvalue weighted by molar-refractivity contribution is 0.0950. The van der Waals surface area contributed by atoms with Gasteiger partial charge < -0.3 is 10.6 Å². The third-order valence-corrected chi connectivity index (χ3v) is 2.86. The zero-order chi connectivity index (χ0) is 13.7. The van der Waals surface area contributed by atoms with Gasteiger partial charge in [-0.1, -0.05) is 29.8 Å². The molecule has 98 valence electrons. The lowest BCUT2D eigenvalue weighted by Crippen LogP contribution is -2.22. The summed E-state index contributed by atoms with van der Waals surface area (Å²) in [6.07, 6.45) is 1.57. The molecule has 1 aromatic heterocycles. The smallest absolute Gasteiger partial charge is 0.253 e. The highest BCUT2D eigenvalue weighted by molar-refractivity contribution is 5.93. The second kappa shape index (κ2) is 6.00. The van der Waals surface area contributed by atoms with E-state index in [9.17, 15) is 4.79 Å². The summed E-state index contributed by atoms with van der Waals surface area (Å²) in [6, 6.07) is 11.6. The van der Waals surface area contributed by atoms with E-state index in [2.05, 4.69) is 15.6 Å². The standard InChI is InChI=1S/C15H17N3O/c1-11-3-5-12(6-4-11)9-18-15(19)13-7-8-14(16-2)17-10-13/h3-8,10H,9H2,1-2H3,(H,16,17)(H,18,19). The van der Waals surface area contributed by atoms with Crippen molar-refractivity contribution < 1.29 is 4.79 Å². The first-order chi connectivity index (χ1) is 9.19. The number of carbonyl (C=O) groups excluding carboxylic acids is 1. The molecule has 0 radical (unpaired) electrons. The van der Waals surface area contributed by atoms with Gasteiger partial charge in [-0.15, -0.1) is 0 Å². The van der Waals surface area contributed by atoms with E-state index in [4.69, 9.17) is 0 Å². The molecule has 0 aliphatic heterocycles. The van der Waals surface area contributed by atoms with Crippen molar-refractivity contribution in [2.75, 3.05) is 12.4 Å². The SMILES string of the molecule is CNc1ccc(C(=O)NCc2ccc(C)cc2)cn1. The van der Waals surface area contributed by atoms with E-state index in [0.29, 0.717) is 12.1 Å². The minimum Gasteiger partial charge on any atom is -0.373 e. The van der Waals surface area contributed by atoms with Crippen LogP contribution in [-0.4, -0.2) is 17.9 Å². The molecular formula is C15H17N3O. The first-order valence-electron chi connectivity index (χ1n) is 6.16. The average Bonchev–Trinajstić information content (AvgIpc) is 2.46. The normalized spacial score (nSPS) is 10.0. The number of aromatic nitrogens is 1. The van der Waals surface area contributed by atoms with Crippen molar-refractivity contribution in [2.45, 2.75) is 13.5 Å². The Labute approximate surface area is 112 Å². The number of anilines is 1. The fourth-order valence-electron chi connectivity index (χ4n) is 1.67. The molecule has 4 nitrogen and oxygen atoms in total. The molecule has 0 saturated heterocycles. The first-order valence-corrected chi connectivity index (χ1v) is 6.16. The predicted octanol–water partition coefficient (Wildman–Crippen LogP) is 2.36. The van der Waals surface area contributed by atoms with Crippen molar-refractivity contribution in [3.8, 4) is 0 Å². The van der Waals surface area contributed by atoms with E-state index >= 15 is 0 Å². The molecule has 0 atom stereocenters. The van der Waals surface area contributed by atoms with E-state index < -0.39 is 0 Å². The Balaban J connectivity index is 1.95. The second-order valence-electron chi connectivity index (χ2n) is 4.35. The molecule has 0 spiro atoms. The topological polar surface area (TPSA) is 54.0 Å². The monoisotopic (exact) mass is 255 g/mol. The van der Waals surface area contributed by atoms with Crippen molar-refractivity contribution in [3.63, 3.8) is 0 Å². The van der Waals surface area contributed by atoms with Crippen LogP contribution in [0.2, 0.25) is 0 Å². The fraction of sp³-hybridized carbons (Fsp3) is 0.200. The van der Waals surface area contributed by atoms with Crippen molar-refractivity contribution in [2.24, 2.45) is 0 Å². The number of pyridine rings is 1. The molecule has 2 N–H and O–H groups in total. The quantitative estimate of drug-likeness (QED) is 0.881. The first kappa shape index (κ1) is 13.1. The largest absolute Gasteiger partial charge is 0.373 e. The summed E-state index contributed by atoms with van der Waals surface area (Å²) in [4.78, 5) is 16.0. The summed E-state index contributed by atoms with van der Waals surface area (Å²) in [7, 11) is 1.79. The van der Waals surface area contributed by atoms with Crippen molar-refractivity contribution in [1.82, 2.24) is 10.3 Å². The molecule has 0 bridgehead atoms. The summed E-state index contributed by atoms with van der Waals surface area (Å²) in [5.74, 6) is 0.630. The van der Waals surface area contributed by atoms with Crippen LogP contribution in [0.1, 0.15) is 21.5 Å². The van der Waals surface area contributed by atoms with Gasteiger partial charge in [0.15, 0.2) is 0 Å². The van der Waals surface area contributed by atoms with Gasteiger partial charge in [0.1, 0.15) is 5.82 Å². The van der Waals surface area contributed by atoms with Gasteiger partial charge in [0.25, 0.3) is 5.91 Å². The van der Waals surface area contributed by atoms with E-state index in [1.165, 1.54) is 5.56 Å². The highest BCUT2D eigenvalue weighted by atomic mass is 16.1. The third-order valence-electron chi connectivity index (χ3n) is 2.86. The van der Waals surface area contributed by atoms with Crippen LogP contribution in [-0.2, 0) is 6.54 Å². The van der Waals surface area contributed by atoms with Gasteiger partial charge in [-0.25, -0.2) is 4.98 Å². The Morgan fingerprint density at radius 1 is 1.16 bits per heavy atom. The van der Waals surface area contributed by atoms with Gasteiger partial charge in [-0.2, -0.15) is 0 Å². The van der Waals surface area contributed by atoms with Gasteiger partial charge in [0, 0.05) is 19.8 Å². The lowest BCUT2D eigenvalue weighted by atomic mass is 10.1. The molecule has 0 aliphatic carbocycles. The summed E-state index contributed by atoms with van der Waals surface area (Å²) < 4.78 is 0. The number of benzene rings is 1. The van der Waals surface area contributed by atoms with Crippen LogP contribution in [0.3, 0.4) is 0 Å². The Hall–Kier alpha value is -2.36. The number of carbonyl (C=O) groups is 1. The molecule has 2 aromatic rings. The van der Waals surface area contributed by atoms with E-state index in [0.717, 1.165) is 11.4 Å². The van der Waals surface area contributed by atoms with Crippen molar-refractivity contribution in [3.05, 3.63) is 59.3 Å². The molecule has 2 rings (SSSR count). The molecule has 0 saturated carbocycles. The lowest BCUT2D eigenvalue weighted by Gasteiger charge is -2.06. The summed E-state index contributed by atoms with van der Waals surface area (Å²) in [6.45, 7) is 2.56. The fourth-order valence-corrected chi connectivity index (χ4v) is 1.67. The Morgan fingerprint density at radius 3 is 2.47 bits per heavy atom. The number of aryl methyl sites for hydroxylation is 1. The summed E-state index contributed by atoms with van der Waals surface area (Å²) in [5.41, 5.74) is 2.85. The Kier molecular flexibility index (Phi) is 4.13. The molecule has 1 amide bonds. The van der Waals surface area contributed by atoms with Crippen LogP contribution in [0.5, 0.6) is 0 Å². The zero-order valence-corrected chi connectivity index (χ0v) is 11.1. The van der Waals surface area contributed by atoms with Gasteiger partial charge in [0.2, 0.25) is 0 Å². The van der Waals surface area contributed by atoms with Gasteiger partial charge >= 0.3 is 0 Å². The highest BCUT2D eigenvalue weighted by Crippen LogP contribution is 2.06. The number of nitrogens with zero attached hydrogens (tertiary/aromatic N) is 1. The van der Waals surface area contributed by atoms with E-state index in [-0.39, 0.29) is 5.91 Å². The van der Waals surface area contributed by atoms with Gasteiger partial charge in [-0.3, -0.25) is 4.79 Å². The average molecular weight is 255 g/mol. The summed E-state index contributed by atoms with van der Waals surface area (Å²) >= 11 is 0. The number of amides is 1. The maximum atomic E-state index is 11.9. The van der Waals surface area contributed by atoms with E-state index in [1.807, 2.05) is 31.2 Å². The number of hydrogen-bond donors (Lipinski definition) is 2. The predicted molar refractivity (Wildman–Crippen MR) is 76.1 cm³/mol.